The summed E-state index contributed by atoms with van der Waals surface area (Å²) in [7, 11) is 0. The molecule has 0 saturated heterocycles. The van der Waals surface area contributed by atoms with Crippen LogP contribution >= 0.6 is 0 Å². The second-order valence-corrected chi connectivity index (χ2v) is 6.69. The van der Waals surface area contributed by atoms with Gasteiger partial charge in [-0.3, -0.25) is 14.6 Å². The quantitative estimate of drug-likeness (QED) is 0.502. The van der Waals surface area contributed by atoms with Gasteiger partial charge in [0.05, 0.1) is 24.6 Å². The summed E-state index contributed by atoms with van der Waals surface area (Å²) in [6.07, 6.45) is 1.49. The Kier molecular flexibility index (Phi) is 7.40. The maximum atomic E-state index is 12.2. The first-order chi connectivity index (χ1) is 15.0. The monoisotopic (exact) mass is 425 g/mol. The lowest BCUT2D eigenvalue weighted by Gasteiger charge is -2.18. The van der Waals surface area contributed by atoms with Crippen LogP contribution in [0, 0.1) is 0 Å². The van der Waals surface area contributed by atoms with Gasteiger partial charge in [0, 0.05) is 12.3 Å². The number of ether oxygens (including phenoxy) is 2. The Bertz CT molecular complexity index is 1080. The number of rotatable bonds is 9. The molecule has 0 aliphatic heterocycles. The smallest absolute Gasteiger partial charge is 0.306 e. The number of aliphatic hydroxyl groups excluding tert-OH is 1. The molecule has 31 heavy (non-hydrogen) atoms. The Morgan fingerprint density at radius 3 is 2.74 bits per heavy atom. The van der Waals surface area contributed by atoms with E-state index in [9.17, 15) is 19.8 Å². The number of benzene rings is 1. The molecule has 0 aliphatic carbocycles. The van der Waals surface area contributed by atoms with Gasteiger partial charge in [-0.1, -0.05) is 18.2 Å². The van der Waals surface area contributed by atoms with E-state index in [1.165, 1.54) is 0 Å². The number of aliphatic hydroxyl groups is 1. The van der Waals surface area contributed by atoms with E-state index in [-0.39, 0.29) is 31.2 Å². The van der Waals surface area contributed by atoms with Crippen LogP contribution in [0.2, 0.25) is 0 Å². The Hall–Kier alpha value is -3.65. The first-order valence-electron chi connectivity index (χ1n) is 9.76. The molecule has 2 heterocycles. The van der Waals surface area contributed by atoms with E-state index in [0.717, 1.165) is 11.8 Å². The highest BCUT2D eigenvalue weighted by molar-refractivity contribution is 5.71. The van der Waals surface area contributed by atoms with Crippen molar-refractivity contribution in [2.45, 2.75) is 32.5 Å². The van der Waals surface area contributed by atoms with Crippen LogP contribution in [0.25, 0.3) is 0 Å². The zero-order chi connectivity index (χ0) is 22.2. The molecule has 1 unspecified atom stereocenters. The Morgan fingerprint density at radius 1 is 1.19 bits per heavy atom. The van der Waals surface area contributed by atoms with Crippen molar-refractivity contribution < 1.29 is 28.9 Å². The molecule has 0 saturated carbocycles. The van der Waals surface area contributed by atoms with E-state index < -0.39 is 29.7 Å². The second kappa shape index (κ2) is 10.4. The minimum absolute atomic E-state index is 0.0192. The normalized spacial score (nSPS) is 11.7. The van der Waals surface area contributed by atoms with Gasteiger partial charge in [0.15, 0.2) is 5.76 Å². The van der Waals surface area contributed by atoms with Crippen LogP contribution < -0.4 is 10.2 Å². The first-order valence-corrected chi connectivity index (χ1v) is 9.76. The zero-order valence-corrected chi connectivity index (χ0v) is 17.0. The van der Waals surface area contributed by atoms with Crippen LogP contribution in [-0.2, 0) is 22.7 Å². The van der Waals surface area contributed by atoms with Crippen LogP contribution in [0.5, 0.6) is 11.5 Å². The van der Waals surface area contributed by atoms with Crippen molar-refractivity contribution in [3.8, 4) is 11.5 Å². The predicted octanol–water partition coefficient (Wildman–Crippen LogP) is 2.90. The number of aromatic nitrogens is 1. The molecule has 3 aromatic rings. The summed E-state index contributed by atoms with van der Waals surface area (Å²) >= 11 is 0. The molecule has 0 radical (unpaired) electrons. The maximum absolute atomic E-state index is 12.2. The van der Waals surface area contributed by atoms with Gasteiger partial charge in [-0.2, -0.15) is 0 Å². The van der Waals surface area contributed by atoms with Gasteiger partial charge >= 0.3 is 5.97 Å². The summed E-state index contributed by atoms with van der Waals surface area (Å²) in [5, 5.41) is 19.7. The summed E-state index contributed by atoms with van der Waals surface area (Å²) < 4.78 is 16.4. The third kappa shape index (κ3) is 5.70. The van der Waals surface area contributed by atoms with Crippen molar-refractivity contribution in [2.75, 3.05) is 6.61 Å². The average Bonchev–Trinajstić information content (AvgIpc) is 2.79. The van der Waals surface area contributed by atoms with Crippen molar-refractivity contribution >= 4 is 5.97 Å². The van der Waals surface area contributed by atoms with Crippen LogP contribution in [-0.4, -0.2) is 27.8 Å². The van der Waals surface area contributed by atoms with Crippen LogP contribution in [0.15, 0.2) is 63.9 Å². The van der Waals surface area contributed by atoms with Crippen LogP contribution in [0.3, 0.4) is 0 Å². The summed E-state index contributed by atoms with van der Waals surface area (Å²) in [5.41, 5.74) is 0.608. The standard InChI is InChI=1S/C23H23NO7/c1-2-29-21(27)12-19(23-22(28)20(26)11-18(13-25)31-23)15-6-5-8-17(10-15)30-14-16-7-3-4-9-24-16/h3-11,19,25,28H,2,12-14H2,1H3. The van der Waals surface area contributed by atoms with E-state index in [2.05, 4.69) is 4.98 Å². The average molecular weight is 425 g/mol. The Morgan fingerprint density at radius 2 is 2.03 bits per heavy atom. The van der Waals surface area contributed by atoms with E-state index in [4.69, 9.17) is 13.9 Å². The highest BCUT2D eigenvalue weighted by atomic mass is 16.5. The Balaban J connectivity index is 1.95. The molecule has 2 N–H and O–H groups in total. The SMILES string of the molecule is CCOC(=O)CC(c1cccc(OCc2ccccn2)c1)c1oc(CO)cc(=O)c1O. The number of hydrogen-bond acceptors (Lipinski definition) is 8. The predicted molar refractivity (Wildman–Crippen MR) is 111 cm³/mol. The summed E-state index contributed by atoms with van der Waals surface area (Å²) in [4.78, 5) is 28.6. The van der Waals surface area contributed by atoms with Gasteiger partial charge in [-0.25, -0.2) is 0 Å². The van der Waals surface area contributed by atoms with Crippen molar-refractivity contribution in [2.24, 2.45) is 0 Å². The summed E-state index contributed by atoms with van der Waals surface area (Å²) in [6, 6.07) is 13.4. The molecule has 1 aromatic carbocycles. The van der Waals surface area contributed by atoms with Crippen molar-refractivity contribution in [3.05, 3.63) is 87.7 Å². The van der Waals surface area contributed by atoms with E-state index >= 15 is 0 Å². The van der Waals surface area contributed by atoms with Gasteiger partial charge < -0.3 is 24.1 Å². The molecule has 0 amide bonds. The van der Waals surface area contributed by atoms with E-state index in [0.29, 0.717) is 11.3 Å². The number of carbonyl (C=O) groups is 1. The molecule has 2 aromatic heterocycles. The number of nitrogens with zero attached hydrogens (tertiary/aromatic N) is 1. The lowest BCUT2D eigenvalue weighted by atomic mass is 9.92. The third-order valence-electron chi connectivity index (χ3n) is 4.52. The molecule has 0 fully saturated rings. The molecule has 0 aliphatic rings. The minimum atomic E-state index is -0.823. The zero-order valence-electron chi connectivity index (χ0n) is 17.0. The lowest BCUT2D eigenvalue weighted by Crippen LogP contribution is -2.15. The number of hydrogen-bond donors (Lipinski definition) is 2. The molecule has 3 rings (SSSR count). The van der Waals surface area contributed by atoms with Gasteiger partial charge in [0.25, 0.3) is 0 Å². The van der Waals surface area contributed by atoms with Gasteiger partial charge in [0.1, 0.15) is 24.7 Å². The molecule has 0 bridgehead atoms. The number of aromatic hydroxyl groups is 1. The molecule has 1 atom stereocenters. The van der Waals surface area contributed by atoms with Crippen molar-refractivity contribution in [1.29, 1.82) is 0 Å². The largest absolute Gasteiger partial charge is 0.502 e. The lowest BCUT2D eigenvalue weighted by molar-refractivity contribution is -0.143. The highest BCUT2D eigenvalue weighted by Crippen LogP contribution is 2.35. The highest BCUT2D eigenvalue weighted by Gasteiger charge is 2.27. The molecular weight excluding hydrogens is 402 g/mol. The molecular formula is C23H23NO7. The maximum Gasteiger partial charge on any atom is 0.306 e. The van der Waals surface area contributed by atoms with Crippen molar-refractivity contribution in [1.82, 2.24) is 4.98 Å². The number of pyridine rings is 1. The van der Waals surface area contributed by atoms with Gasteiger partial charge in [-0.15, -0.1) is 0 Å². The fourth-order valence-corrected chi connectivity index (χ4v) is 3.08. The Labute approximate surface area is 178 Å². The second-order valence-electron chi connectivity index (χ2n) is 6.69. The third-order valence-corrected chi connectivity index (χ3v) is 4.52. The van der Waals surface area contributed by atoms with Crippen LogP contribution in [0.4, 0.5) is 0 Å². The summed E-state index contributed by atoms with van der Waals surface area (Å²) in [5.74, 6) is -1.59. The number of carbonyl (C=O) groups excluding carboxylic acids is 1. The van der Waals surface area contributed by atoms with E-state index in [1.807, 2.05) is 18.2 Å². The molecule has 8 heteroatoms. The van der Waals surface area contributed by atoms with Crippen LogP contribution in [0.1, 0.15) is 42.0 Å². The minimum Gasteiger partial charge on any atom is -0.502 e. The fourth-order valence-electron chi connectivity index (χ4n) is 3.08. The first kappa shape index (κ1) is 22.0. The fraction of sp³-hybridized carbons (Fsp3) is 0.261. The van der Waals surface area contributed by atoms with E-state index in [1.54, 1.807) is 37.4 Å². The summed E-state index contributed by atoms with van der Waals surface area (Å²) in [6.45, 7) is 1.59. The molecule has 0 spiro atoms. The topological polar surface area (TPSA) is 119 Å². The van der Waals surface area contributed by atoms with Gasteiger partial charge in [-0.05, 0) is 36.8 Å². The van der Waals surface area contributed by atoms with Crippen molar-refractivity contribution in [3.63, 3.8) is 0 Å². The molecule has 8 nitrogen and oxygen atoms in total. The molecule has 162 valence electrons. The van der Waals surface area contributed by atoms with Gasteiger partial charge in [0.2, 0.25) is 11.2 Å². The number of esters is 1.